The van der Waals surface area contributed by atoms with Gasteiger partial charge in [-0.1, -0.05) is 0 Å². The summed E-state index contributed by atoms with van der Waals surface area (Å²) >= 11 is 0. The van der Waals surface area contributed by atoms with Crippen molar-refractivity contribution in [3.63, 3.8) is 0 Å². The Morgan fingerprint density at radius 2 is 2.13 bits per heavy atom. The molecule has 0 saturated carbocycles. The van der Waals surface area contributed by atoms with Gasteiger partial charge in [0.1, 0.15) is 5.82 Å². The monoisotopic (exact) mass is 211 g/mol. The van der Waals surface area contributed by atoms with E-state index in [4.69, 9.17) is 10.0 Å². The Labute approximate surface area is 86.9 Å². The summed E-state index contributed by atoms with van der Waals surface area (Å²) in [6.45, 7) is 2.16. The third-order valence-electron chi connectivity index (χ3n) is 1.82. The molecule has 0 radical (unpaired) electrons. The molecule has 0 atom stereocenters. The normalized spacial score (nSPS) is 9.87. The van der Waals surface area contributed by atoms with Crippen molar-refractivity contribution in [1.29, 1.82) is 0 Å². The van der Waals surface area contributed by atoms with Crippen molar-refractivity contribution >= 4 is 18.5 Å². The molecule has 0 bridgehead atoms. The molecular weight excluding hydrogens is 200 g/mol. The minimum atomic E-state index is -1.78. The van der Waals surface area contributed by atoms with Gasteiger partial charge < -0.3 is 15.4 Å². The van der Waals surface area contributed by atoms with Crippen LogP contribution in [0.1, 0.15) is 17.3 Å². The molecule has 15 heavy (non-hydrogen) atoms. The lowest BCUT2D eigenvalue weighted by atomic mass is 9.79. The maximum absolute atomic E-state index is 13.0. The Morgan fingerprint density at radius 1 is 1.47 bits per heavy atom. The van der Waals surface area contributed by atoms with Gasteiger partial charge in [0.2, 0.25) is 0 Å². The number of amides is 1. The van der Waals surface area contributed by atoms with Gasteiger partial charge in [-0.25, -0.2) is 4.39 Å². The molecule has 1 aromatic carbocycles. The molecule has 4 nitrogen and oxygen atoms in total. The van der Waals surface area contributed by atoms with E-state index in [9.17, 15) is 9.18 Å². The number of hydrogen-bond acceptors (Lipinski definition) is 3. The fraction of sp³-hybridized carbons (Fsp3) is 0.222. The van der Waals surface area contributed by atoms with Gasteiger partial charge in [0.15, 0.2) is 0 Å². The zero-order chi connectivity index (χ0) is 11.4. The summed E-state index contributed by atoms with van der Waals surface area (Å²) in [5, 5.41) is 20.2. The molecule has 0 aliphatic rings. The summed E-state index contributed by atoms with van der Waals surface area (Å²) in [6.07, 6.45) is 0. The number of nitrogens with one attached hydrogen (secondary N) is 1. The smallest absolute Gasteiger partial charge is 0.423 e. The molecule has 3 N–H and O–H groups in total. The SMILES string of the molecule is CCNC(=O)c1cc(F)cc(B(O)O)c1. The average Bonchev–Trinajstić information content (AvgIpc) is 2.17. The molecule has 0 aromatic heterocycles. The van der Waals surface area contributed by atoms with Crippen LogP contribution in [0.4, 0.5) is 4.39 Å². The lowest BCUT2D eigenvalue weighted by Gasteiger charge is -2.05. The summed E-state index contributed by atoms with van der Waals surface area (Å²) < 4.78 is 13.0. The molecule has 0 saturated heterocycles. The van der Waals surface area contributed by atoms with E-state index in [1.54, 1.807) is 6.92 Å². The molecule has 1 rings (SSSR count). The predicted molar refractivity (Wildman–Crippen MR) is 54.2 cm³/mol. The zero-order valence-corrected chi connectivity index (χ0v) is 8.20. The quantitative estimate of drug-likeness (QED) is 0.576. The van der Waals surface area contributed by atoms with Crippen molar-refractivity contribution in [2.45, 2.75) is 6.92 Å². The van der Waals surface area contributed by atoms with E-state index in [1.807, 2.05) is 0 Å². The van der Waals surface area contributed by atoms with Gasteiger partial charge in [-0.2, -0.15) is 0 Å². The van der Waals surface area contributed by atoms with Crippen LogP contribution in [0.3, 0.4) is 0 Å². The van der Waals surface area contributed by atoms with Crippen LogP contribution in [-0.4, -0.2) is 29.6 Å². The second-order valence-corrected chi connectivity index (χ2v) is 3.01. The van der Waals surface area contributed by atoms with E-state index in [-0.39, 0.29) is 11.0 Å². The Bertz CT molecular complexity index is 370. The Balaban J connectivity index is 3.03. The molecule has 0 aliphatic carbocycles. The minimum absolute atomic E-state index is 0.0451. The number of hydrogen-bond donors (Lipinski definition) is 3. The van der Waals surface area contributed by atoms with E-state index >= 15 is 0 Å². The molecule has 0 heterocycles. The number of carbonyl (C=O) groups excluding carboxylic acids is 1. The number of benzene rings is 1. The van der Waals surface area contributed by atoms with Gasteiger partial charge in [0.25, 0.3) is 5.91 Å². The number of halogens is 1. The van der Waals surface area contributed by atoms with Gasteiger partial charge in [-0.15, -0.1) is 0 Å². The van der Waals surface area contributed by atoms with Crippen LogP contribution >= 0.6 is 0 Å². The van der Waals surface area contributed by atoms with E-state index in [2.05, 4.69) is 5.32 Å². The first-order chi connectivity index (χ1) is 7.04. The fourth-order valence-corrected chi connectivity index (χ4v) is 1.16. The molecule has 6 heteroatoms. The van der Waals surface area contributed by atoms with Crippen molar-refractivity contribution < 1.29 is 19.2 Å². The van der Waals surface area contributed by atoms with Crippen LogP contribution in [0.2, 0.25) is 0 Å². The van der Waals surface area contributed by atoms with Crippen molar-refractivity contribution in [2.75, 3.05) is 6.54 Å². The second kappa shape index (κ2) is 4.90. The molecular formula is C9H11BFNO3. The van der Waals surface area contributed by atoms with Gasteiger partial charge in [0, 0.05) is 12.1 Å². The van der Waals surface area contributed by atoms with Crippen molar-refractivity contribution in [1.82, 2.24) is 5.32 Å². The number of carbonyl (C=O) groups is 1. The summed E-state index contributed by atoms with van der Waals surface area (Å²) in [5.74, 6) is -1.12. The summed E-state index contributed by atoms with van der Waals surface area (Å²) in [7, 11) is -1.78. The topological polar surface area (TPSA) is 69.6 Å². The third kappa shape index (κ3) is 3.04. The maximum atomic E-state index is 13.0. The minimum Gasteiger partial charge on any atom is -0.423 e. The molecule has 0 spiro atoms. The average molecular weight is 211 g/mol. The molecule has 1 aromatic rings. The van der Waals surface area contributed by atoms with Crippen molar-refractivity contribution in [3.05, 3.63) is 29.6 Å². The maximum Gasteiger partial charge on any atom is 0.488 e. The van der Waals surface area contributed by atoms with E-state index in [1.165, 1.54) is 6.07 Å². The Morgan fingerprint density at radius 3 is 2.67 bits per heavy atom. The van der Waals surface area contributed by atoms with Crippen LogP contribution in [0, 0.1) is 5.82 Å². The molecule has 0 aliphatic heterocycles. The molecule has 80 valence electrons. The molecule has 0 unspecified atom stereocenters. The van der Waals surface area contributed by atoms with Crippen LogP contribution in [0.15, 0.2) is 18.2 Å². The van der Waals surface area contributed by atoms with Crippen molar-refractivity contribution in [3.8, 4) is 0 Å². The first-order valence-corrected chi connectivity index (χ1v) is 4.49. The van der Waals surface area contributed by atoms with Crippen LogP contribution in [-0.2, 0) is 0 Å². The highest BCUT2D eigenvalue weighted by Gasteiger charge is 2.15. The summed E-state index contributed by atoms with van der Waals surface area (Å²) in [5.41, 5.74) is 0.0243. The lowest BCUT2D eigenvalue weighted by Crippen LogP contribution is -2.32. The van der Waals surface area contributed by atoms with E-state index in [0.717, 1.165) is 12.1 Å². The largest absolute Gasteiger partial charge is 0.488 e. The summed E-state index contributed by atoms with van der Waals surface area (Å²) in [6, 6.07) is 3.24. The van der Waals surface area contributed by atoms with Gasteiger partial charge >= 0.3 is 7.12 Å². The zero-order valence-electron chi connectivity index (χ0n) is 8.20. The van der Waals surface area contributed by atoms with Crippen LogP contribution in [0.5, 0.6) is 0 Å². The van der Waals surface area contributed by atoms with Crippen molar-refractivity contribution in [2.24, 2.45) is 0 Å². The highest BCUT2D eigenvalue weighted by molar-refractivity contribution is 6.58. The summed E-state index contributed by atoms with van der Waals surface area (Å²) in [4.78, 5) is 11.3. The van der Waals surface area contributed by atoms with Gasteiger partial charge in [0.05, 0.1) is 0 Å². The van der Waals surface area contributed by atoms with Crippen LogP contribution < -0.4 is 10.8 Å². The Hall–Kier alpha value is -1.40. The van der Waals surface area contributed by atoms with Crippen LogP contribution in [0.25, 0.3) is 0 Å². The standard InChI is InChI=1S/C9H11BFNO3/c1-2-12-9(13)6-3-7(10(14)15)5-8(11)4-6/h3-5,14-15H,2H2,1H3,(H,12,13). The first kappa shape index (κ1) is 11.7. The second-order valence-electron chi connectivity index (χ2n) is 3.01. The predicted octanol–water partition coefficient (Wildman–Crippen LogP) is -0.745. The highest BCUT2D eigenvalue weighted by atomic mass is 19.1. The highest BCUT2D eigenvalue weighted by Crippen LogP contribution is 2.02. The lowest BCUT2D eigenvalue weighted by molar-refractivity contribution is 0.0955. The van der Waals surface area contributed by atoms with E-state index in [0.29, 0.717) is 6.54 Å². The fourth-order valence-electron chi connectivity index (χ4n) is 1.16. The Kier molecular flexibility index (Phi) is 3.82. The van der Waals surface area contributed by atoms with E-state index < -0.39 is 18.8 Å². The van der Waals surface area contributed by atoms with Gasteiger partial charge in [-0.05, 0) is 30.6 Å². The molecule has 1 amide bonds. The third-order valence-corrected chi connectivity index (χ3v) is 1.82. The molecule has 0 fully saturated rings. The first-order valence-electron chi connectivity index (χ1n) is 4.49. The van der Waals surface area contributed by atoms with Gasteiger partial charge in [-0.3, -0.25) is 4.79 Å². The number of rotatable bonds is 3.